The molecule has 4 rings (SSSR count). The zero-order valence-electron chi connectivity index (χ0n) is 16.7. The van der Waals surface area contributed by atoms with Crippen molar-refractivity contribution in [1.29, 1.82) is 0 Å². The summed E-state index contributed by atoms with van der Waals surface area (Å²) in [5, 5.41) is 2.94. The number of ether oxygens (including phenoxy) is 4. The van der Waals surface area contributed by atoms with Gasteiger partial charge < -0.3 is 28.8 Å². The van der Waals surface area contributed by atoms with E-state index >= 15 is 0 Å². The Balaban J connectivity index is 1.48. The minimum atomic E-state index is -0.114. The van der Waals surface area contributed by atoms with Gasteiger partial charge in [0.15, 0.2) is 23.0 Å². The number of fused-ring (bicyclic) bond motifs is 2. The summed E-state index contributed by atoms with van der Waals surface area (Å²) in [4.78, 5) is 17.1. The van der Waals surface area contributed by atoms with Crippen molar-refractivity contribution in [3.8, 4) is 23.0 Å². The van der Waals surface area contributed by atoms with Gasteiger partial charge in [-0.05, 0) is 24.6 Å². The topological polar surface area (TPSA) is 83.8 Å². The number of aryl methyl sites for hydroxylation is 1. The van der Waals surface area contributed by atoms with Crippen LogP contribution in [0.4, 0.5) is 0 Å². The summed E-state index contributed by atoms with van der Waals surface area (Å²) in [5.41, 5.74) is 2.54. The number of nitrogens with one attached hydrogen (secondary N) is 1. The summed E-state index contributed by atoms with van der Waals surface area (Å²) in [5.74, 6) is 3.28. The smallest absolute Gasteiger partial charge is 0.240 e. The Bertz CT molecular complexity index is 1060. The monoisotopic (exact) mass is 397 g/mol. The van der Waals surface area contributed by atoms with Crippen LogP contribution in [0, 0.1) is 6.92 Å². The van der Waals surface area contributed by atoms with E-state index in [2.05, 4.69) is 10.3 Å². The van der Waals surface area contributed by atoms with Crippen LogP contribution in [0.15, 0.2) is 30.3 Å². The predicted molar refractivity (Wildman–Crippen MR) is 107 cm³/mol. The third-order valence-corrected chi connectivity index (χ3v) is 4.84. The first-order chi connectivity index (χ1) is 14.1. The number of amides is 1. The first-order valence-corrected chi connectivity index (χ1v) is 9.33. The van der Waals surface area contributed by atoms with Crippen molar-refractivity contribution in [2.24, 2.45) is 0 Å². The van der Waals surface area contributed by atoms with Crippen LogP contribution in [0.5, 0.6) is 23.0 Å². The summed E-state index contributed by atoms with van der Waals surface area (Å²) in [6.07, 6.45) is 0. The van der Waals surface area contributed by atoms with Crippen LogP contribution in [0.1, 0.15) is 11.4 Å². The van der Waals surface area contributed by atoms with Crippen LogP contribution < -0.4 is 24.3 Å². The van der Waals surface area contributed by atoms with Crippen molar-refractivity contribution >= 4 is 16.9 Å². The lowest BCUT2D eigenvalue weighted by molar-refractivity contribution is -0.121. The first-order valence-electron chi connectivity index (χ1n) is 9.33. The molecule has 1 aromatic heterocycles. The summed E-state index contributed by atoms with van der Waals surface area (Å²) < 4.78 is 23.7. The van der Waals surface area contributed by atoms with Gasteiger partial charge in [-0.15, -0.1) is 0 Å². The lowest BCUT2D eigenvalue weighted by atomic mass is 10.2. The molecule has 1 amide bonds. The molecule has 3 aromatic rings. The molecule has 0 saturated heterocycles. The van der Waals surface area contributed by atoms with Crippen LogP contribution >= 0.6 is 0 Å². The second-order valence-corrected chi connectivity index (χ2v) is 6.70. The molecule has 1 aliphatic heterocycles. The number of benzene rings is 2. The SMILES string of the molecule is COc1ccc(CNC(=O)Cn2c(C)nc3cc4c(cc32)OCCO4)cc1OC. The molecule has 152 valence electrons. The molecule has 8 heteroatoms. The third-order valence-electron chi connectivity index (χ3n) is 4.84. The number of aromatic nitrogens is 2. The number of hydrogen-bond donors (Lipinski definition) is 1. The van der Waals surface area contributed by atoms with Crippen molar-refractivity contribution in [3.05, 3.63) is 41.7 Å². The molecule has 0 radical (unpaired) electrons. The van der Waals surface area contributed by atoms with Crippen LogP contribution in [-0.2, 0) is 17.9 Å². The molecule has 8 nitrogen and oxygen atoms in total. The van der Waals surface area contributed by atoms with E-state index in [4.69, 9.17) is 18.9 Å². The summed E-state index contributed by atoms with van der Waals surface area (Å²) >= 11 is 0. The van der Waals surface area contributed by atoms with Crippen LogP contribution in [0.2, 0.25) is 0 Å². The average Bonchev–Trinajstić information content (AvgIpc) is 3.04. The van der Waals surface area contributed by atoms with Gasteiger partial charge in [-0.25, -0.2) is 4.98 Å². The van der Waals surface area contributed by atoms with Crippen molar-refractivity contribution in [2.45, 2.75) is 20.0 Å². The number of imidazole rings is 1. The van der Waals surface area contributed by atoms with E-state index in [9.17, 15) is 4.79 Å². The normalized spacial score (nSPS) is 12.7. The maximum Gasteiger partial charge on any atom is 0.240 e. The Morgan fingerprint density at radius 2 is 1.83 bits per heavy atom. The molecule has 1 N–H and O–H groups in total. The molecule has 0 atom stereocenters. The van der Waals surface area contributed by atoms with Crippen molar-refractivity contribution in [2.75, 3.05) is 27.4 Å². The lowest BCUT2D eigenvalue weighted by Crippen LogP contribution is -2.27. The highest BCUT2D eigenvalue weighted by molar-refractivity contribution is 5.83. The second kappa shape index (κ2) is 7.90. The van der Waals surface area contributed by atoms with Gasteiger partial charge in [0.05, 0.1) is 25.3 Å². The average molecular weight is 397 g/mol. The minimum Gasteiger partial charge on any atom is -0.493 e. The fourth-order valence-electron chi connectivity index (χ4n) is 3.37. The maximum absolute atomic E-state index is 12.6. The number of carbonyl (C=O) groups excluding carboxylic acids is 1. The number of methoxy groups -OCH3 is 2. The maximum atomic E-state index is 12.6. The molecule has 1 aliphatic rings. The Morgan fingerprint density at radius 3 is 2.55 bits per heavy atom. The number of nitrogens with zero attached hydrogens (tertiary/aromatic N) is 2. The molecule has 2 aromatic carbocycles. The van der Waals surface area contributed by atoms with Crippen LogP contribution in [-0.4, -0.2) is 42.9 Å². The highest BCUT2D eigenvalue weighted by Gasteiger charge is 2.18. The quantitative estimate of drug-likeness (QED) is 0.688. The van der Waals surface area contributed by atoms with Gasteiger partial charge in [0.25, 0.3) is 0 Å². The van der Waals surface area contributed by atoms with E-state index in [0.717, 1.165) is 22.4 Å². The molecule has 0 fully saturated rings. The molecule has 29 heavy (non-hydrogen) atoms. The molecule has 0 bridgehead atoms. The molecular weight excluding hydrogens is 374 g/mol. The zero-order valence-corrected chi connectivity index (χ0v) is 16.7. The molecule has 0 spiro atoms. The van der Waals surface area contributed by atoms with Gasteiger partial charge in [-0.2, -0.15) is 0 Å². The molecule has 2 heterocycles. The lowest BCUT2D eigenvalue weighted by Gasteiger charge is -2.18. The molecule has 0 unspecified atom stereocenters. The first kappa shape index (κ1) is 18.9. The highest BCUT2D eigenvalue weighted by atomic mass is 16.6. The second-order valence-electron chi connectivity index (χ2n) is 6.70. The minimum absolute atomic E-state index is 0.114. The van der Waals surface area contributed by atoms with E-state index in [1.54, 1.807) is 14.2 Å². The highest BCUT2D eigenvalue weighted by Crippen LogP contribution is 2.34. The van der Waals surface area contributed by atoms with E-state index in [1.165, 1.54) is 0 Å². The summed E-state index contributed by atoms with van der Waals surface area (Å²) in [7, 11) is 3.17. The van der Waals surface area contributed by atoms with E-state index in [0.29, 0.717) is 42.8 Å². The predicted octanol–water partition coefficient (Wildman–Crippen LogP) is 2.45. The Labute approximate surface area is 168 Å². The largest absolute Gasteiger partial charge is 0.493 e. The summed E-state index contributed by atoms with van der Waals surface area (Å²) in [6.45, 7) is 3.46. The van der Waals surface area contributed by atoms with Crippen LogP contribution in [0.3, 0.4) is 0 Å². The molecule has 0 saturated carbocycles. The van der Waals surface area contributed by atoms with Crippen LogP contribution in [0.25, 0.3) is 11.0 Å². The van der Waals surface area contributed by atoms with E-state index in [1.807, 2.05) is 41.8 Å². The number of hydrogen-bond acceptors (Lipinski definition) is 6. The van der Waals surface area contributed by atoms with Gasteiger partial charge >= 0.3 is 0 Å². The molecular formula is C21H23N3O5. The van der Waals surface area contributed by atoms with E-state index in [-0.39, 0.29) is 12.5 Å². The Hall–Kier alpha value is -3.42. The Morgan fingerprint density at radius 1 is 1.10 bits per heavy atom. The summed E-state index contributed by atoms with van der Waals surface area (Å²) in [6, 6.07) is 9.29. The standard InChI is InChI=1S/C21H23N3O5/c1-13-23-15-9-19-20(29-7-6-28-19)10-16(15)24(13)12-21(25)22-11-14-4-5-17(26-2)18(8-14)27-3/h4-5,8-10H,6-7,11-12H2,1-3H3,(H,22,25). The zero-order chi connectivity index (χ0) is 20.4. The fraction of sp³-hybridized carbons (Fsp3) is 0.333. The van der Waals surface area contributed by atoms with Gasteiger partial charge in [-0.1, -0.05) is 6.07 Å². The van der Waals surface area contributed by atoms with Crippen molar-refractivity contribution < 1.29 is 23.7 Å². The van der Waals surface area contributed by atoms with E-state index < -0.39 is 0 Å². The third kappa shape index (κ3) is 3.78. The molecule has 0 aliphatic carbocycles. The number of carbonyl (C=O) groups is 1. The van der Waals surface area contributed by atoms with Gasteiger partial charge in [0, 0.05) is 18.7 Å². The van der Waals surface area contributed by atoms with Crippen molar-refractivity contribution in [3.63, 3.8) is 0 Å². The fourth-order valence-corrected chi connectivity index (χ4v) is 3.37. The number of rotatable bonds is 6. The van der Waals surface area contributed by atoms with Gasteiger partial charge in [0.2, 0.25) is 5.91 Å². The van der Waals surface area contributed by atoms with Gasteiger partial charge in [-0.3, -0.25) is 4.79 Å². The van der Waals surface area contributed by atoms with Crippen molar-refractivity contribution in [1.82, 2.24) is 14.9 Å². The Kier molecular flexibility index (Phi) is 5.16. The van der Waals surface area contributed by atoms with Gasteiger partial charge in [0.1, 0.15) is 25.6 Å².